The van der Waals surface area contributed by atoms with E-state index >= 15 is 0 Å². The molecule has 0 amide bonds. The first-order valence-corrected chi connectivity index (χ1v) is 5.33. The first-order chi connectivity index (χ1) is 7.86. The molecule has 3 heteroatoms. The predicted molar refractivity (Wildman–Crippen MR) is 64.7 cm³/mol. The number of nitrogens with two attached hydrogens (primary N) is 1. The molecule has 1 aromatic heterocycles. The Morgan fingerprint density at radius 3 is 2.69 bits per heavy atom. The molecule has 0 fully saturated rings. The number of ether oxygens (including phenoxy) is 1. The summed E-state index contributed by atoms with van der Waals surface area (Å²) in [6.45, 7) is 0.556. The van der Waals surface area contributed by atoms with Crippen molar-refractivity contribution >= 4 is 0 Å². The van der Waals surface area contributed by atoms with Crippen LogP contribution in [0, 0.1) is 0 Å². The van der Waals surface area contributed by atoms with Crippen molar-refractivity contribution < 1.29 is 4.74 Å². The standard InChI is InChI=1S/C13H16N2O/c1-16-13-7-3-2-5-10(13)11(9-14)12-6-4-8-15-12/h2-8,11,15H,9,14H2,1H3. The summed E-state index contributed by atoms with van der Waals surface area (Å²) in [6, 6.07) is 12.0. The van der Waals surface area contributed by atoms with E-state index in [0.29, 0.717) is 6.54 Å². The third kappa shape index (κ3) is 1.95. The van der Waals surface area contributed by atoms with Crippen LogP contribution in [0.2, 0.25) is 0 Å². The maximum absolute atomic E-state index is 5.84. The molecule has 0 saturated heterocycles. The Kier molecular flexibility index (Phi) is 3.27. The summed E-state index contributed by atoms with van der Waals surface area (Å²) in [5, 5.41) is 0. The Balaban J connectivity index is 2.41. The van der Waals surface area contributed by atoms with Crippen molar-refractivity contribution in [3.8, 4) is 5.75 Å². The molecular weight excluding hydrogens is 200 g/mol. The molecule has 3 nitrogen and oxygen atoms in total. The fourth-order valence-electron chi connectivity index (χ4n) is 1.94. The van der Waals surface area contributed by atoms with Crippen LogP contribution >= 0.6 is 0 Å². The number of benzene rings is 1. The zero-order valence-electron chi connectivity index (χ0n) is 9.31. The molecule has 0 aliphatic carbocycles. The van der Waals surface area contributed by atoms with E-state index < -0.39 is 0 Å². The van der Waals surface area contributed by atoms with Gasteiger partial charge in [-0.15, -0.1) is 0 Å². The van der Waals surface area contributed by atoms with Gasteiger partial charge in [0.15, 0.2) is 0 Å². The topological polar surface area (TPSA) is 51.0 Å². The summed E-state index contributed by atoms with van der Waals surface area (Å²) in [5.74, 6) is 1.04. The molecule has 2 rings (SSSR count). The number of H-pyrrole nitrogens is 1. The Morgan fingerprint density at radius 1 is 1.25 bits per heavy atom. The average Bonchev–Trinajstić information content (AvgIpc) is 2.84. The monoisotopic (exact) mass is 216 g/mol. The van der Waals surface area contributed by atoms with Gasteiger partial charge in [-0.05, 0) is 18.2 Å². The quantitative estimate of drug-likeness (QED) is 0.822. The van der Waals surface area contributed by atoms with Crippen LogP contribution in [0.5, 0.6) is 5.75 Å². The number of hydrogen-bond donors (Lipinski definition) is 2. The number of aromatic nitrogens is 1. The number of para-hydroxylation sites is 1. The maximum atomic E-state index is 5.84. The van der Waals surface area contributed by atoms with Crippen molar-refractivity contribution in [2.75, 3.05) is 13.7 Å². The van der Waals surface area contributed by atoms with Crippen LogP contribution in [0.3, 0.4) is 0 Å². The largest absolute Gasteiger partial charge is 0.496 e. The van der Waals surface area contributed by atoms with Crippen LogP contribution in [0.1, 0.15) is 17.2 Å². The van der Waals surface area contributed by atoms with E-state index in [9.17, 15) is 0 Å². The third-order valence-electron chi connectivity index (χ3n) is 2.75. The van der Waals surface area contributed by atoms with E-state index in [0.717, 1.165) is 17.0 Å². The van der Waals surface area contributed by atoms with Gasteiger partial charge in [0, 0.05) is 29.9 Å². The van der Waals surface area contributed by atoms with Crippen molar-refractivity contribution in [2.24, 2.45) is 5.73 Å². The molecule has 3 N–H and O–H groups in total. The highest BCUT2D eigenvalue weighted by Gasteiger charge is 2.16. The minimum atomic E-state index is 0.158. The molecule has 1 atom stereocenters. The van der Waals surface area contributed by atoms with Gasteiger partial charge in [-0.2, -0.15) is 0 Å². The maximum Gasteiger partial charge on any atom is 0.122 e. The van der Waals surface area contributed by atoms with E-state index in [1.165, 1.54) is 0 Å². The number of methoxy groups -OCH3 is 1. The Hall–Kier alpha value is -1.74. The molecule has 1 aromatic carbocycles. The molecule has 0 saturated carbocycles. The van der Waals surface area contributed by atoms with Crippen LogP contribution in [-0.2, 0) is 0 Å². The van der Waals surface area contributed by atoms with Gasteiger partial charge in [0.1, 0.15) is 5.75 Å². The molecule has 0 radical (unpaired) electrons. The van der Waals surface area contributed by atoms with Crippen molar-refractivity contribution in [1.29, 1.82) is 0 Å². The van der Waals surface area contributed by atoms with Gasteiger partial charge in [-0.3, -0.25) is 0 Å². The molecule has 16 heavy (non-hydrogen) atoms. The minimum absolute atomic E-state index is 0.158. The SMILES string of the molecule is COc1ccccc1C(CN)c1ccc[nH]1. The highest BCUT2D eigenvalue weighted by atomic mass is 16.5. The lowest BCUT2D eigenvalue weighted by Crippen LogP contribution is -2.15. The second kappa shape index (κ2) is 4.86. The number of nitrogens with one attached hydrogen (secondary N) is 1. The van der Waals surface area contributed by atoms with E-state index in [1.54, 1.807) is 7.11 Å². The van der Waals surface area contributed by atoms with Gasteiger partial charge in [0.05, 0.1) is 7.11 Å². The Bertz CT molecular complexity index is 437. The zero-order valence-corrected chi connectivity index (χ0v) is 9.31. The van der Waals surface area contributed by atoms with Gasteiger partial charge >= 0.3 is 0 Å². The molecule has 0 aliphatic heterocycles. The highest BCUT2D eigenvalue weighted by Crippen LogP contribution is 2.29. The average molecular weight is 216 g/mol. The summed E-state index contributed by atoms with van der Waals surface area (Å²) in [6.07, 6.45) is 1.91. The Labute approximate surface area is 95.2 Å². The van der Waals surface area contributed by atoms with Gasteiger partial charge in [-0.1, -0.05) is 18.2 Å². The van der Waals surface area contributed by atoms with E-state index in [2.05, 4.69) is 11.1 Å². The van der Waals surface area contributed by atoms with Crippen molar-refractivity contribution in [1.82, 2.24) is 4.98 Å². The highest BCUT2D eigenvalue weighted by molar-refractivity contribution is 5.40. The van der Waals surface area contributed by atoms with Crippen LogP contribution in [0.4, 0.5) is 0 Å². The van der Waals surface area contributed by atoms with Crippen LogP contribution in [0.15, 0.2) is 42.6 Å². The molecule has 0 bridgehead atoms. The van der Waals surface area contributed by atoms with E-state index in [-0.39, 0.29) is 5.92 Å². The van der Waals surface area contributed by atoms with Gasteiger partial charge < -0.3 is 15.5 Å². The molecule has 1 unspecified atom stereocenters. The first-order valence-electron chi connectivity index (χ1n) is 5.33. The summed E-state index contributed by atoms with van der Waals surface area (Å²) in [5.41, 5.74) is 8.08. The van der Waals surface area contributed by atoms with Gasteiger partial charge in [0.25, 0.3) is 0 Å². The van der Waals surface area contributed by atoms with Crippen molar-refractivity contribution in [3.63, 3.8) is 0 Å². The Morgan fingerprint density at radius 2 is 2.06 bits per heavy atom. The fraction of sp³-hybridized carbons (Fsp3) is 0.231. The minimum Gasteiger partial charge on any atom is -0.496 e. The molecule has 2 aromatic rings. The van der Waals surface area contributed by atoms with Crippen LogP contribution < -0.4 is 10.5 Å². The smallest absolute Gasteiger partial charge is 0.122 e. The molecule has 84 valence electrons. The fourth-order valence-corrected chi connectivity index (χ4v) is 1.94. The molecule has 1 heterocycles. The van der Waals surface area contributed by atoms with Crippen molar-refractivity contribution in [3.05, 3.63) is 53.9 Å². The summed E-state index contributed by atoms with van der Waals surface area (Å²) >= 11 is 0. The number of hydrogen-bond acceptors (Lipinski definition) is 2. The molecule has 0 spiro atoms. The number of rotatable bonds is 4. The molecule has 0 aliphatic rings. The van der Waals surface area contributed by atoms with Gasteiger partial charge in [-0.25, -0.2) is 0 Å². The number of aromatic amines is 1. The van der Waals surface area contributed by atoms with E-state index in [4.69, 9.17) is 10.5 Å². The summed E-state index contributed by atoms with van der Waals surface area (Å²) in [4.78, 5) is 3.20. The van der Waals surface area contributed by atoms with Gasteiger partial charge in [0.2, 0.25) is 0 Å². The summed E-state index contributed by atoms with van der Waals surface area (Å²) in [7, 11) is 1.68. The van der Waals surface area contributed by atoms with Crippen LogP contribution in [0.25, 0.3) is 0 Å². The van der Waals surface area contributed by atoms with E-state index in [1.807, 2.05) is 36.5 Å². The third-order valence-corrected chi connectivity index (χ3v) is 2.75. The normalized spacial score (nSPS) is 12.4. The predicted octanol–water partition coefficient (Wildman–Crippen LogP) is 2.11. The second-order valence-electron chi connectivity index (χ2n) is 3.66. The lowest BCUT2D eigenvalue weighted by Gasteiger charge is -2.17. The van der Waals surface area contributed by atoms with Crippen LogP contribution in [-0.4, -0.2) is 18.6 Å². The second-order valence-corrected chi connectivity index (χ2v) is 3.66. The van der Waals surface area contributed by atoms with Crippen molar-refractivity contribution in [2.45, 2.75) is 5.92 Å². The lowest BCUT2D eigenvalue weighted by molar-refractivity contribution is 0.407. The summed E-state index contributed by atoms with van der Waals surface area (Å²) < 4.78 is 5.36. The lowest BCUT2D eigenvalue weighted by atomic mass is 9.95. The first kappa shape index (κ1) is 10.8. The molecular formula is C13H16N2O. The zero-order chi connectivity index (χ0) is 11.4.